The normalized spacial score (nSPS) is 10.0. The van der Waals surface area contributed by atoms with Gasteiger partial charge in [-0.1, -0.05) is 19.1 Å². The lowest BCUT2D eigenvalue weighted by Gasteiger charge is -2.08. The monoisotopic (exact) mass is 387 g/mol. The first kappa shape index (κ1) is 20.7. The molecule has 0 bridgehead atoms. The number of amides is 3. The molecule has 0 atom stereocenters. The zero-order chi connectivity index (χ0) is 20.4. The Balaban J connectivity index is 1.61. The first-order chi connectivity index (χ1) is 13.5. The van der Waals surface area contributed by atoms with Crippen molar-refractivity contribution in [3.05, 3.63) is 54.0 Å². The van der Waals surface area contributed by atoms with Crippen LogP contribution in [0, 0.1) is 0 Å². The number of hydrogen-bond donors (Lipinski definition) is 3. The number of ether oxygens (including phenoxy) is 1. The molecule has 0 unspecified atom stereocenters. The third-order valence-corrected chi connectivity index (χ3v) is 3.59. The topological polar surface area (TPSA) is 127 Å². The molecular weight excluding hydrogens is 366 g/mol. The van der Waals surface area contributed by atoms with E-state index in [1.807, 2.05) is 19.1 Å². The van der Waals surface area contributed by atoms with Crippen LogP contribution in [0.4, 0.5) is 5.69 Å². The Hall–Kier alpha value is -3.62. The van der Waals surface area contributed by atoms with Crippen LogP contribution in [0.2, 0.25) is 0 Å². The molecule has 28 heavy (non-hydrogen) atoms. The number of benzene rings is 1. The molecule has 0 aliphatic rings. The fraction of sp³-hybridized carbons (Fsp3) is 0.263. The summed E-state index contributed by atoms with van der Waals surface area (Å²) < 4.78 is 9.67. The minimum absolute atomic E-state index is 0.0718. The number of aryl methyl sites for hydroxylation is 1. The highest BCUT2D eigenvalue weighted by atomic mass is 16.5. The van der Waals surface area contributed by atoms with Crippen molar-refractivity contribution in [1.29, 1.82) is 0 Å². The van der Waals surface area contributed by atoms with Gasteiger partial charge in [-0.2, -0.15) is 0 Å². The molecule has 0 saturated heterocycles. The van der Waals surface area contributed by atoms with Crippen molar-refractivity contribution in [3.8, 4) is 0 Å². The Labute approximate surface area is 161 Å². The van der Waals surface area contributed by atoms with Crippen molar-refractivity contribution in [1.82, 2.24) is 10.6 Å². The number of rotatable bonds is 9. The van der Waals surface area contributed by atoms with Crippen LogP contribution in [-0.2, 0) is 25.5 Å². The van der Waals surface area contributed by atoms with E-state index in [0.717, 1.165) is 12.0 Å². The molecule has 2 rings (SSSR count). The molecule has 0 radical (unpaired) electrons. The van der Waals surface area contributed by atoms with Crippen LogP contribution in [-0.4, -0.2) is 43.4 Å². The summed E-state index contributed by atoms with van der Waals surface area (Å²) >= 11 is 0. The van der Waals surface area contributed by atoms with Crippen LogP contribution in [0.3, 0.4) is 0 Å². The number of esters is 1. The van der Waals surface area contributed by atoms with Crippen molar-refractivity contribution >= 4 is 29.4 Å². The van der Waals surface area contributed by atoms with Crippen molar-refractivity contribution in [2.24, 2.45) is 0 Å². The molecule has 9 heteroatoms. The zero-order valence-corrected chi connectivity index (χ0v) is 15.3. The highest BCUT2D eigenvalue weighted by Crippen LogP contribution is 2.09. The smallest absolute Gasteiger partial charge is 0.325 e. The average Bonchev–Trinajstić information content (AvgIpc) is 3.24. The van der Waals surface area contributed by atoms with Crippen molar-refractivity contribution in [2.75, 3.05) is 25.0 Å². The molecule has 1 aromatic heterocycles. The Morgan fingerprint density at radius 3 is 2.36 bits per heavy atom. The molecule has 0 spiro atoms. The summed E-state index contributed by atoms with van der Waals surface area (Å²) in [6.45, 7) is 0.799. The second-order valence-corrected chi connectivity index (χ2v) is 5.70. The van der Waals surface area contributed by atoms with E-state index in [4.69, 9.17) is 9.15 Å². The molecule has 148 valence electrons. The van der Waals surface area contributed by atoms with Gasteiger partial charge in [0.1, 0.15) is 6.54 Å². The molecular formula is C19H21N3O6. The molecule has 3 N–H and O–H groups in total. The van der Waals surface area contributed by atoms with Gasteiger partial charge < -0.3 is 25.1 Å². The van der Waals surface area contributed by atoms with E-state index in [0.29, 0.717) is 5.69 Å². The summed E-state index contributed by atoms with van der Waals surface area (Å²) in [5, 5.41) is 7.21. The predicted octanol–water partition coefficient (Wildman–Crippen LogP) is 0.870. The molecule has 9 nitrogen and oxygen atoms in total. The first-order valence-electron chi connectivity index (χ1n) is 8.60. The quantitative estimate of drug-likeness (QED) is 0.548. The summed E-state index contributed by atoms with van der Waals surface area (Å²) in [6.07, 6.45) is 2.23. The van der Waals surface area contributed by atoms with Crippen LogP contribution < -0.4 is 16.0 Å². The van der Waals surface area contributed by atoms with E-state index in [1.165, 1.54) is 12.3 Å². The maximum absolute atomic E-state index is 11.8. The molecule has 0 aliphatic heterocycles. The number of furan rings is 1. The van der Waals surface area contributed by atoms with Gasteiger partial charge in [-0.15, -0.1) is 0 Å². The van der Waals surface area contributed by atoms with E-state index in [2.05, 4.69) is 16.0 Å². The lowest BCUT2D eigenvalue weighted by molar-refractivity contribution is -0.147. The van der Waals surface area contributed by atoms with E-state index in [1.54, 1.807) is 18.2 Å². The molecule has 0 saturated carbocycles. The highest BCUT2D eigenvalue weighted by molar-refractivity contribution is 5.95. The Kier molecular flexibility index (Phi) is 7.77. The van der Waals surface area contributed by atoms with Gasteiger partial charge in [0.2, 0.25) is 5.91 Å². The lowest BCUT2D eigenvalue weighted by atomic mass is 10.1. The van der Waals surface area contributed by atoms with Gasteiger partial charge in [-0.25, -0.2) is 0 Å². The van der Waals surface area contributed by atoms with Crippen molar-refractivity contribution in [2.45, 2.75) is 13.3 Å². The van der Waals surface area contributed by atoms with Crippen molar-refractivity contribution in [3.63, 3.8) is 0 Å². The van der Waals surface area contributed by atoms with Gasteiger partial charge in [0.25, 0.3) is 11.8 Å². The molecule has 2 aromatic rings. The molecule has 1 aromatic carbocycles. The van der Waals surface area contributed by atoms with Crippen LogP contribution in [0.5, 0.6) is 0 Å². The molecule has 0 fully saturated rings. The van der Waals surface area contributed by atoms with E-state index < -0.39 is 36.8 Å². The maximum Gasteiger partial charge on any atom is 0.325 e. The average molecular weight is 387 g/mol. The second-order valence-electron chi connectivity index (χ2n) is 5.70. The van der Waals surface area contributed by atoms with Crippen LogP contribution in [0.15, 0.2) is 47.1 Å². The maximum atomic E-state index is 11.8. The largest absolute Gasteiger partial charge is 0.459 e. The zero-order valence-electron chi connectivity index (χ0n) is 15.3. The summed E-state index contributed by atoms with van der Waals surface area (Å²) in [6, 6.07) is 10.3. The SMILES string of the molecule is CCc1ccc(NC(=O)COC(=O)CNC(=O)CNC(=O)c2ccco2)cc1. The molecule has 3 amide bonds. The fourth-order valence-corrected chi connectivity index (χ4v) is 2.11. The van der Waals surface area contributed by atoms with Crippen LogP contribution >= 0.6 is 0 Å². The minimum Gasteiger partial charge on any atom is -0.459 e. The van der Waals surface area contributed by atoms with Gasteiger partial charge in [0.15, 0.2) is 12.4 Å². The van der Waals surface area contributed by atoms with E-state index in [-0.39, 0.29) is 12.3 Å². The van der Waals surface area contributed by atoms with Crippen LogP contribution in [0.1, 0.15) is 23.0 Å². The van der Waals surface area contributed by atoms with Gasteiger partial charge in [-0.05, 0) is 36.2 Å². The van der Waals surface area contributed by atoms with Crippen molar-refractivity contribution < 1.29 is 28.3 Å². The number of carbonyl (C=O) groups is 4. The Bertz CT molecular complexity index is 815. The Morgan fingerprint density at radius 2 is 1.71 bits per heavy atom. The van der Waals surface area contributed by atoms with Crippen LogP contribution in [0.25, 0.3) is 0 Å². The fourth-order valence-electron chi connectivity index (χ4n) is 2.11. The van der Waals surface area contributed by atoms with Gasteiger partial charge >= 0.3 is 5.97 Å². The number of nitrogens with one attached hydrogen (secondary N) is 3. The third-order valence-electron chi connectivity index (χ3n) is 3.59. The van der Waals surface area contributed by atoms with Gasteiger partial charge in [-0.3, -0.25) is 19.2 Å². The summed E-state index contributed by atoms with van der Waals surface area (Å²) in [5.41, 5.74) is 1.74. The third kappa shape index (κ3) is 6.94. The number of carbonyl (C=O) groups excluding carboxylic acids is 4. The minimum atomic E-state index is -0.776. The summed E-state index contributed by atoms with van der Waals surface area (Å²) in [5.74, 6) is -2.33. The molecule has 0 aliphatic carbocycles. The highest BCUT2D eigenvalue weighted by Gasteiger charge is 2.12. The Morgan fingerprint density at radius 1 is 0.964 bits per heavy atom. The molecule has 1 heterocycles. The van der Waals surface area contributed by atoms with E-state index in [9.17, 15) is 19.2 Å². The lowest BCUT2D eigenvalue weighted by Crippen LogP contribution is -2.39. The first-order valence-corrected chi connectivity index (χ1v) is 8.60. The predicted molar refractivity (Wildman–Crippen MR) is 99.5 cm³/mol. The number of anilines is 1. The summed E-state index contributed by atoms with van der Waals surface area (Å²) in [4.78, 5) is 46.6. The number of hydrogen-bond acceptors (Lipinski definition) is 6. The second kappa shape index (κ2) is 10.5. The van der Waals surface area contributed by atoms with Gasteiger partial charge in [0, 0.05) is 5.69 Å². The van der Waals surface area contributed by atoms with Gasteiger partial charge in [0.05, 0.1) is 12.8 Å². The van der Waals surface area contributed by atoms with E-state index >= 15 is 0 Å². The summed E-state index contributed by atoms with van der Waals surface area (Å²) in [7, 11) is 0. The standard InChI is InChI=1S/C19H21N3O6/c1-2-13-5-7-14(8-6-13)22-17(24)12-28-18(25)11-20-16(23)10-21-19(26)15-4-3-9-27-15/h3-9H,2,10-12H2,1H3,(H,20,23)(H,21,26)(H,22,24).